The van der Waals surface area contributed by atoms with Gasteiger partial charge in [-0.25, -0.2) is 0 Å². The second-order valence-electron chi connectivity index (χ2n) is 4.32. The number of nitrogens with one attached hydrogen (secondary N) is 1. The maximum atomic E-state index is 11.5. The zero-order chi connectivity index (χ0) is 14.3. The van der Waals surface area contributed by atoms with Gasteiger partial charge < -0.3 is 15.0 Å². The van der Waals surface area contributed by atoms with Crippen molar-refractivity contribution < 1.29 is 14.3 Å². The van der Waals surface area contributed by atoms with Crippen LogP contribution in [0.25, 0.3) is 0 Å². The molecule has 0 heterocycles. The van der Waals surface area contributed by atoms with Crippen molar-refractivity contribution in [2.24, 2.45) is 0 Å². The minimum absolute atomic E-state index is 0.235. The van der Waals surface area contributed by atoms with Gasteiger partial charge in [-0.15, -0.1) is 0 Å². The van der Waals surface area contributed by atoms with Crippen molar-refractivity contribution in [3.05, 3.63) is 29.8 Å². The summed E-state index contributed by atoms with van der Waals surface area (Å²) >= 11 is 0. The number of carbonyl (C=O) groups excluding carboxylic acids is 2. The second-order valence-corrected chi connectivity index (χ2v) is 4.32. The lowest BCUT2D eigenvalue weighted by molar-refractivity contribution is -0.146. The highest BCUT2D eigenvalue weighted by Gasteiger charge is 2.09. The lowest BCUT2D eigenvalue weighted by Gasteiger charge is -2.13. The van der Waals surface area contributed by atoms with Gasteiger partial charge in [0, 0.05) is 26.3 Å². The number of hydrogen-bond acceptors (Lipinski definition) is 4. The number of nitrogens with zero attached hydrogens (tertiary/aromatic N) is 1. The number of anilines is 1. The van der Waals surface area contributed by atoms with Crippen LogP contribution < -0.4 is 10.2 Å². The van der Waals surface area contributed by atoms with Crippen LogP contribution in [0.15, 0.2) is 24.3 Å². The van der Waals surface area contributed by atoms with E-state index >= 15 is 0 Å². The molecule has 0 aliphatic carbocycles. The molecule has 0 radical (unpaired) electrons. The molecular formula is C14H20N2O3. The van der Waals surface area contributed by atoms with Gasteiger partial charge in [0.2, 0.25) is 5.91 Å². The first-order valence-corrected chi connectivity index (χ1v) is 6.21. The highest BCUT2D eigenvalue weighted by molar-refractivity contribution is 5.94. The number of carbonyl (C=O) groups is 2. The molecule has 5 nitrogen and oxygen atoms in total. The lowest BCUT2D eigenvalue weighted by atomic mass is 10.2. The minimum atomic E-state index is -0.498. The van der Waals surface area contributed by atoms with E-state index in [1.165, 1.54) is 0 Å². The Morgan fingerprint density at radius 3 is 2.68 bits per heavy atom. The number of ether oxygens (including phenoxy) is 1. The van der Waals surface area contributed by atoms with Crippen LogP contribution in [-0.4, -0.2) is 32.6 Å². The third kappa shape index (κ3) is 5.42. The van der Waals surface area contributed by atoms with Gasteiger partial charge in [-0.3, -0.25) is 9.59 Å². The van der Waals surface area contributed by atoms with Crippen molar-refractivity contribution in [3.8, 4) is 0 Å². The Labute approximate surface area is 113 Å². The molecule has 1 aromatic carbocycles. The quantitative estimate of drug-likeness (QED) is 0.622. The number of hydrogen-bond donors (Lipinski definition) is 1. The van der Waals surface area contributed by atoms with Gasteiger partial charge in [-0.2, -0.15) is 0 Å². The van der Waals surface area contributed by atoms with E-state index in [0.717, 1.165) is 11.3 Å². The first-order chi connectivity index (χ1) is 9.02. The average Bonchev–Trinajstić information content (AvgIpc) is 2.37. The second kappa shape index (κ2) is 7.41. The fraction of sp³-hybridized carbons (Fsp3) is 0.429. The summed E-state index contributed by atoms with van der Waals surface area (Å²) in [4.78, 5) is 24.6. The summed E-state index contributed by atoms with van der Waals surface area (Å²) < 4.78 is 4.71. The molecule has 104 valence electrons. The summed E-state index contributed by atoms with van der Waals surface area (Å²) in [5.41, 5.74) is 2.06. The minimum Gasteiger partial charge on any atom is -0.466 e. The van der Waals surface area contributed by atoms with Crippen LogP contribution in [0.1, 0.15) is 18.9 Å². The number of benzene rings is 1. The molecule has 0 spiro atoms. The van der Waals surface area contributed by atoms with E-state index in [-0.39, 0.29) is 18.9 Å². The molecule has 0 saturated carbocycles. The van der Waals surface area contributed by atoms with Gasteiger partial charge in [0.25, 0.3) is 0 Å². The van der Waals surface area contributed by atoms with Crippen LogP contribution in [0.2, 0.25) is 0 Å². The molecule has 0 aromatic heterocycles. The van der Waals surface area contributed by atoms with Gasteiger partial charge in [-0.05, 0) is 24.6 Å². The molecule has 0 fully saturated rings. The number of esters is 1. The lowest BCUT2D eigenvalue weighted by Crippen LogP contribution is -2.26. The highest BCUT2D eigenvalue weighted by atomic mass is 16.5. The molecule has 1 aromatic rings. The van der Waals surface area contributed by atoms with Crippen molar-refractivity contribution in [2.45, 2.75) is 19.9 Å². The van der Waals surface area contributed by atoms with Crippen molar-refractivity contribution >= 4 is 17.6 Å². The summed E-state index contributed by atoms with van der Waals surface area (Å²) in [5.74, 6) is -0.823. The van der Waals surface area contributed by atoms with Crippen LogP contribution in [0.4, 0.5) is 5.69 Å². The number of amides is 1. The fourth-order valence-electron chi connectivity index (χ4n) is 1.55. The Morgan fingerprint density at radius 2 is 2.05 bits per heavy atom. The van der Waals surface area contributed by atoms with E-state index in [1.807, 2.05) is 43.3 Å². The Morgan fingerprint density at radius 1 is 1.32 bits per heavy atom. The third-order valence-electron chi connectivity index (χ3n) is 2.53. The van der Waals surface area contributed by atoms with E-state index in [4.69, 9.17) is 4.74 Å². The van der Waals surface area contributed by atoms with Crippen LogP contribution in [0.5, 0.6) is 0 Å². The van der Waals surface area contributed by atoms with Gasteiger partial charge in [0.05, 0.1) is 6.61 Å². The zero-order valence-electron chi connectivity index (χ0n) is 11.6. The van der Waals surface area contributed by atoms with Gasteiger partial charge in [-0.1, -0.05) is 12.1 Å². The van der Waals surface area contributed by atoms with Crippen molar-refractivity contribution in [3.63, 3.8) is 0 Å². The van der Waals surface area contributed by atoms with Crippen LogP contribution >= 0.6 is 0 Å². The van der Waals surface area contributed by atoms with Crippen LogP contribution in [-0.2, 0) is 20.9 Å². The van der Waals surface area contributed by atoms with Crippen molar-refractivity contribution in [2.75, 3.05) is 25.6 Å². The third-order valence-corrected chi connectivity index (χ3v) is 2.53. The topological polar surface area (TPSA) is 58.6 Å². The fourth-order valence-corrected chi connectivity index (χ4v) is 1.55. The maximum Gasteiger partial charge on any atom is 0.315 e. The summed E-state index contributed by atoms with van der Waals surface area (Å²) in [5, 5.41) is 2.70. The molecule has 1 N–H and O–H groups in total. The molecule has 1 amide bonds. The van der Waals surface area contributed by atoms with E-state index < -0.39 is 5.97 Å². The molecule has 0 atom stereocenters. The van der Waals surface area contributed by atoms with Crippen LogP contribution in [0.3, 0.4) is 0 Å². The van der Waals surface area contributed by atoms with E-state index in [0.29, 0.717) is 6.54 Å². The van der Waals surface area contributed by atoms with Gasteiger partial charge in [0.15, 0.2) is 0 Å². The van der Waals surface area contributed by atoms with Crippen LogP contribution in [0, 0.1) is 0 Å². The standard InChI is InChI=1S/C14H20N2O3/c1-4-19-14(18)9-13(17)15-10-11-6-5-7-12(8-11)16(2)3/h5-8H,4,9-10H2,1-3H3,(H,15,17). The molecule has 0 saturated heterocycles. The van der Waals surface area contributed by atoms with Crippen molar-refractivity contribution in [1.82, 2.24) is 5.32 Å². The van der Waals surface area contributed by atoms with E-state index in [9.17, 15) is 9.59 Å². The molecule has 0 aliphatic heterocycles. The summed E-state index contributed by atoms with van der Waals surface area (Å²) in [6.07, 6.45) is -0.235. The summed E-state index contributed by atoms with van der Waals surface area (Å²) in [6, 6.07) is 7.84. The Bertz CT molecular complexity index is 444. The van der Waals surface area contributed by atoms with Gasteiger partial charge in [0.1, 0.15) is 6.42 Å². The molecular weight excluding hydrogens is 244 g/mol. The molecule has 5 heteroatoms. The largest absolute Gasteiger partial charge is 0.466 e. The van der Waals surface area contributed by atoms with Crippen molar-refractivity contribution in [1.29, 1.82) is 0 Å². The smallest absolute Gasteiger partial charge is 0.315 e. The molecule has 0 bridgehead atoms. The predicted octanol–water partition coefficient (Wildman–Crippen LogP) is 1.32. The van der Waals surface area contributed by atoms with Gasteiger partial charge >= 0.3 is 5.97 Å². The molecule has 0 aliphatic rings. The molecule has 1 rings (SSSR count). The van der Waals surface area contributed by atoms with E-state index in [1.54, 1.807) is 6.92 Å². The highest BCUT2D eigenvalue weighted by Crippen LogP contribution is 2.13. The SMILES string of the molecule is CCOC(=O)CC(=O)NCc1cccc(N(C)C)c1. The molecule has 19 heavy (non-hydrogen) atoms. The first-order valence-electron chi connectivity index (χ1n) is 6.21. The Kier molecular flexibility index (Phi) is 5.85. The zero-order valence-corrected chi connectivity index (χ0v) is 11.6. The Balaban J connectivity index is 2.46. The van der Waals surface area contributed by atoms with E-state index in [2.05, 4.69) is 5.32 Å². The first kappa shape index (κ1) is 15.0. The predicted molar refractivity (Wildman–Crippen MR) is 73.9 cm³/mol. The number of rotatable bonds is 6. The monoisotopic (exact) mass is 264 g/mol. The maximum absolute atomic E-state index is 11.5. The Hall–Kier alpha value is -2.04. The molecule has 0 unspecified atom stereocenters. The summed E-state index contributed by atoms with van der Waals surface area (Å²) in [7, 11) is 3.91. The summed E-state index contributed by atoms with van der Waals surface area (Å²) in [6.45, 7) is 2.40. The normalized spacial score (nSPS) is 9.84. The average molecular weight is 264 g/mol.